The van der Waals surface area contributed by atoms with E-state index in [2.05, 4.69) is 10.4 Å². The third-order valence-corrected chi connectivity index (χ3v) is 1.93. The Hall–Kier alpha value is -0.910. The number of aromatic nitrogens is 2. The van der Waals surface area contributed by atoms with Crippen molar-refractivity contribution >= 4 is 0 Å². The quantitative estimate of drug-likeness (QED) is 0.569. The summed E-state index contributed by atoms with van der Waals surface area (Å²) in [6, 6.07) is 0. The Morgan fingerprint density at radius 2 is 2.43 bits per heavy atom. The molecule has 1 rings (SSSR count). The molecule has 1 atom stereocenters. The van der Waals surface area contributed by atoms with Crippen molar-refractivity contribution in [3.63, 3.8) is 0 Å². The lowest BCUT2D eigenvalue weighted by atomic mass is 10.3. The molecule has 0 aliphatic heterocycles. The van der Waals surface area contributed by atoms with Crippen LogP contribution in [-0.4, -0.2) is 39.2 Å². The van der Waals surface area contributed by atoms with Crippen LogP contribution in [0, 0.1) is 0 Å². The van der Waals surface area contributed by atoms with Crippen molar-refractivity contribution in [2.75, 3.05) is 13.2 Å². The van der Waals surface area contributed by atoms with Gasteiger partial charge < -0.3 is 15.5 Å². The standard InChI is InChI=1S/C9H17N3O2/c1-2-12-6-8(4-11-12)3-10-5-9(14)7-13/h4,6,9-10,13-14H,2-3,5,7H2,1H3. The summed E-state index contributed by atoms with van der Waals surface area (Å²) in [5.41, 5.74) is 1.08. The van der Waals surface area contributed by atoms with E-state index in [1.807, 2.05) is 17.8 Å². The largest absolute Gasteiger partial charge is 0.394 e. The SMILES string of the molecule is CCn1cc(CNCC(O)CO)cn1. The van der Waals surface area contributed by atoms with Crippen LogP contribution in [-0.2, 0) is 13.1 Å². The highest BCUT2D eigenvalue weighted by Gasteiger charge is 2.01. The summed E-state index contributed by atoms with van der Waals surface area (Å²) < 4.78 is 1.85. The number of nitrogens with one attached hydrogen (secondary N) is 1. The number of nitrogens with zero attached hydrogens (tertiary/aromatic N) is 2. The smallest absolute Gasteiger partial charge is 0.0895 e. The average molecular weight is 199 g/mol. The summed E-state index contributed by atoms with van der Waals surface area (Å²) >= 11 is 0. The molecule has 1 unspecified atom stereocenters. The van der Waals surface area contributed by atoms with Crippen molar-refractivity contribution in [3.8, 4) is 0 Å². The molecule has 0 amide bonds. The summed E-state index contributed by atoms with van der Waals surface area (Å²) in [5, 5.41) is 24.8. The molecule has 0 saturated carbocycles. The highest BCUT2D eigenvalue weighted by Crippen LogP contribution is 1.96. The monoisotopic (exact) mass is 199 g/mol. The van der Waals surface area contributed by atoms with Crippen LogP contribution in [0.1, 0.15) is 12.5 Å². The molecule has 0 fully saturated rings. The molecule has 1 aromatic rings. The maximum atomic E-state index is 9.05. The van der Waals surface area contributed by atoms with E-state index in [0.29, 0.717) is 13.1 Å². The first-order valence-electron chi connectivity index (χ1n) is 4.77. The highest BCUT2D eigenvalue weighted by atomic mass is 16.3. The minimum Gasteiger partial charge on any atom is -0.394 e. The van der Waals surface area contributed by atoms with E-state index in [0.717, 1.165) is 12.1 Å². The van der Waals surface area contributed by atoms with Gasteiger partial charge in [0, 0.05) is 31.4 Å². The molecule has 0 spiro atoms. The van der Waals surface area contributed by atoms with Crippen LogP contribution in [0.25, 0.3) is 0 Å². The first-order chi connectivity index (χ1) is 6.76. The lowest BCUT2D eigenvalue weighted by Gasteiger charge is -2.07. The fourth-order valence-electron chi connectivity index (χ4n) is 1.12. The van der Waals surface area contributed by atoms with Crippen molar-refractivity contribution in [1.29, 1.82) is 0 Å². The van der Waals surface area contributed by atoms with Gasteiger partial charge in [-0.25, -0.2) is 0 Å². The third-order valence-electron chi connectivity index (χ3n) is 1.93. The molecule has 0 bridgehead atoms. The summed E-state index contributed by atoms with van der Waals surface area (Å²) in [4.78, 5) is 0. The summed E-state index contributed by atoms with van der Waals surface area (Å²) in [6.07, 6.45) is 3.07. The maximum Gasteiger partial charge on any atom is 0.0895 e. The van der Waals surface area contributed by atoms with Crippen LogP contribution in [0.2, 0.25) is 0 Å². The molecule has 0 aromatic carbocycles. The number of hydrogen-bond donors (Lipinski definition) is 3. The number of rotatable bonds is 6. The van der Waals surface area contributed by atoms with Gasteiger partial charge in [0.1, 0.15) is 0 Å². The van der Waals surface area contributed by atoms with Crippen molar-refractivity contribution in [3.05, 3.63) is 18.0 Å². The van der Waals surface area contributed by atoms with Gasteiger partial charge in [0.2, 0.25) is 0 Å². The van der Waals surface area contributed by atoms with Gasteiger partial charge in [-0.15, -0.1) is 0 Å². The van der Waals surface area contributed by atoms with Gasteiger partial charge in [-0.05, 0) is 6.92 Å². The van der Waals surface area contributed by atoms with Crippen LogP contribution in [0.15, 0.2) is 12.4 Å². The number of hydrogen-bond acceptors (Lipinski definition) is 4. The number of aliphatic hydroxyl groups excluding tert-OH is 2. The zero-order valence-electron chi connectivity index (χ0n) is 8.35. The van der Waals surface area contributed by atoms with Crippen LogP contribution >= 0.6 is 0 Å². The molecule has 5 nitrogen and oxygen atoms in total. The minimum absolute atomic E-state index is 0.207. The first-order valence-corrected chi connectivity index (χ1v) is 4.77. The molecule has 0 radical (unpaired) electrons. The minimum atomic E-state index is -0.684. The second-order valence-corrected chi connectivity index (χ2v) is 3.17. The second-order valence-electron chi connectivity index (χ2n) is 3.17. The van der Waals surface area contributed by atoms with Gasteiger partial charge in [-0.2, -0.15) is 5.10 Å². The van der Waals surface area contributed by atoms with Crippen molar-refractivity contribution in [2.24, 2.45) is 0 Å². The fourth-order valence-corrected chi connectivity index (χ4v) is 1.12. The molecule has 80 valence electrons. The van der Waals surface area contributed by atoms with Crippen LogP contribution in [0.3, 0.4) is 0 Å². The Balaban J connectivity index is 2.24. The van der Waals surface area contributed by atoms with Gasteiger partial charge >= 0.3 is 0 Å². The molecule has 5 heteroatoms. The van der Waals surface area contributed by atoms with E-state index in [4.69, 9.17) is 10.2 Å². The lowest BCUT2D eigenvalue weighted by Crippen LogP contribution is -2.28. The van der Waals surface area contributed by atoms with Gasteiger partial charge in [-0.3, -0.25) is 4.68 Å². The zero-order chi connectivity index (χ0) is 10.4. The van der Waals surface area contributed by atoms with E-state index in [1.165, 1.54) is 0 Å². The van der Waals surface area contributed by atoms with Crippen LogP contribution in [0.4, 0.5) is 0 Å². The first kappa shape index (κ1) is 11.2. The highest BCUT2D eigenvalue weighted by molar-refractivity contribution is 5.03. The molecule has 1 heterocycles. The molecule has 3 N–H and O–H groups in total. The van der Waals surface area contributed by atoms with E-state index in [9.17, 15) is 0 Å². The lowest BCUT2D eigenvalue weighted by molar-refractivity contribution is 0.0942. The van der Waals surface area contributed by atoms with E-state index in [-0.39, 0.29) is 6.61 Å². The zero-order valence-corrected chi connectivity index (χ0v) is 8.35. The Kier molecular flexibility index (Phi) is 4.58. The van der Waals surface area contributed by atoms with Gasteiger partial charge in [-0.1, -0.05) is 0 Å². The molecular weight excluding hydrogens is 182 g/mol. The topological polar surface area (TPSA) is 70.3 Å². The Bertz CT molecular complexity index is 262. The third kappa shape index (κ3) is 3.45. The molecule has 0 aliphatic rings. The maximum absolute atomic E-state index is 9.05. The normalized spacial score (nSPS) is 13.1. The average Bonchev–Trinajstić information content (AvgIpc) is 2.65. The van der Waals surface area contributed by atoms with Crippen LogP contribution in [0.5, 0.6) is 0 Å². The predicted molar refractivity (Wildman–Crippen MR) is 52.7 cm³/mol. The number of aliphatic hydroxyl groups is 2. The van der Waals surface area contributed by atoms with E-state index >= 15 is 0 Å². The van der Waals surface area contributed by atoms with E-state index < -0.39 is 6.10 Å². The molecule has 14 heavy (non-hydrogen) atoms. The Morgan fingerprint density at radius 1 is 1.64 bits per heavy atom. The van der Waals surface area contributed by atoms with Gasteiger partial charge in [0.25, 0.3) is 0 Å². The molecule has 0 aliphatic carbocycles. The summed E-state index contributed by atoms with van der Waals surface area (Å²) in [7, 11) is 0. The van der Waals surface area contributed by atoms with Crippen molar-refractivity contribution < 1.29 is 10.2 Å². The van der Waals surface area contributed by atoms with Gasteiger partial charge in [0.05, 0.1) is 18.9 Å². The van der Waals surface area contributed by atoms with E-state index in [1.54, 1.807) is 6.20 Å². The second kappa shape index (κ2) is 5.74. The fraction of sp³-hybridized carbons (Fsp3) is 0.667. The predicted octanol–water partition coefficient (Wildman–Crippen LogP) is -0.654. The summed E-state index contributed by atoms with van der Waals surface area (Å²) in [6.45, 7) is 3.74. The van der Waals surface area contributed by atoms with Crippen LogP contribution < -0.4 is 5.32 Å². The molecular formula is C9H17N3O2. The van der Waals surface area contributed by atoms with Crippen molar-refractivity contribution in [1.82, 2.24) is 15.1 Å². The van der Waals surface area contributed by atoms with Gasteiger partial charge in [0.15, 0.2) is 0 Å². The molecule has 0 saturated heterocycles. The Labute approximate surface area is 83.4 Å². The number of aryl methyl sites for hydroxylation is 1. The Morgan fingerprint density at radius 3 is 3.00 bits per heavy atom. The summed E-state index contributed by atoms with van der Waals surface area (Å²) in [5.74, 6) is 0. The van der Waals surface area contributed by atoms with Crippen molar-refractivity contribution in [2.45, 2.75) is 26.1 Å². The molecule has 1 aromatic heterocycles.